The number of ether oxygens (including phenoxy) is 2. The van der Waals surface area contributed by atoms with Gasteiger partial charge < -0.3 is 29.2 Å². The molecule has 1 fully saturated rings. The Morgan fingerprint density at radius 2 is 1.65 bits per heavy atom. The number of aliphatic hydroxyl groups is 1. The van der Waals surface area contributed by atoms with Crippen molar-refractivity contribution in [3.63, 3.8) is 0 Å². The van der Waals surface area contributed by atoms with E-state index in [4.69, 9.17) is 19.0 Å². The van der Waals surface area contributed by atoms with Gasteiger partial charge in [-0.05, 0) is 86.4 Å². The number of fused-ring (bicyclic) bond motifs is 2. The second-order valence-electron chi connectivity index (χ2n) is 19.1. The maximum absolute atomic E-state index is 14.0. The van der Waals surface area contributed by atoms with E-state index in [0.29, 0.717) is 57.7 Å². The molecule has 0 bridgehead atoms. The van der Waals surface area contributed by atoms with Crippen LogP contribution in [0.3, 0.4) is 0 Å². The molecule has 0 saturated carbocycles. The fraction of sp³-hybridized carbons (Fsp3) is 0.542. The molecular weight excluding hydrogens is 924 g/mol. The summed E-state index contributed by atoms with van der Waals surface area (Å²) in [5.41, 5.74) is 5.87. The van der Waals surface area contributed by atoms with Crippen molar-refractivity contribution in [2.75, 3.05) is 23.4 Å². The molecule has 2 amide bonds. The second kappa shape index (κ2) is 19.5. The molecule has 1 unspecified atom stereocenters. The van der Waals surface area contributed by atoms with Crippen LogP contribution in [0.25, 0.3) is 11.3 Å². The molecule has 4 heterocycles. The van der Waals surface area contributed by atoms with E-state index < -0.39 is 8.32 Å². The van der Waals surface area contributed by atoms with Crippen molar-refractivity contribution < 1.29 is 23.8 Å². The number of urea groups is 1. The Kier molecular flexibility index (Phi) is 14.5. The average molecular weight is 991 g/mol. The van der Waals surface area contributed by atoms with Gasteiger partial charge in [-0.1, -0.05) is 108 Å². The van der Waals surface area contributed by atoms with Crippen LogP contribution in [0, 0.1) is 0 Å². The summed E-state index contributed by atoms with van der Waals surface area (Å²) in [6.45, 7) is 22.6. The molecule has 1 aliphatic carbocycles. The van der Waals surface area contributed by atoms with Gasteiger partial charge in [-0.25, -0.2) is 9.48 Å². The van der Waals surface area contributed by atoms with E-state index in [-0.39, 0.29) is 36.8 Å². The fourth-order valence-corrected chi connectivity index (χ4v) is 19.1. The van der Waals surface area contributed by atoms with E-state index in [1.807, 2.05) is 54.7 Å². The standard InChI is InChI=1S/C48H67IN8O5Si/c1-30(2)63(31(3)4,34(7)49)61-29-35-18-19-36(26-42(35)60-25-24-58)57-45(27-43(54-57)48(8,9)10)51-46(59)50-40-21-22-41(39-17-12-11-16-38(39)40)62-37-20-23-44-52-53-47(55(44)28-37)56-32(5)14-13-15-33(56)6/h11-12,16-20,23,26-28,30-34,40-41,58H,13-15,21-22,24-25,29H2,1-10H3,(H2,50,51,59)/t32-,33+,34?,40-,41+/m0/s1. The van der Waals surface area contributed by atoms with Crippen LogP contribution >= 0.6 is 22.6 Å². The first kappa shape index (κ1) is 46.8. The van der Waals surface area contributed by atoms with Gasteiger partial charge in [0.2, 0.25) is 14.3 Å². The van der Waals surface area contributed by atoms with Crippen LogP contribution in [0.1, 0.15) is 136 Å². The number of piperidine rings is 1. The highest BCUT2D eigenvalue weighted by molar-refractivity contribution is 14.1. The normalized spacial score (nSPS) is 19.9. The number of nitrogens with zero attached hydrogens (tertiary/aromatic N) is 6. The summed E-state index contributed by atoms with van der Waals surface area (Å²) < 4.78 is 24.1. The van der Waals surface area contributed by atoms with Gasteiger partial charge in [-0.3, -0.25) is 9.72 Å². The summed E-state index contributed by atoms with van der Waals surface area (Å²) in [6, 6.07) is 20.2. The predicted octanol–water partition coefficient (Wildman–Crippen LogP) is 10.8. The lowest BCUT2D eigenvalue weighted by atomic mass is 9.85. The Labute approximate surface area is 387 Å². The Morgan fingerprint density at radius 1 is 0.937 bits per heavy atom. The number of halogens is 1. The zero-order valence-corrected chi connectivity index (χ0v) is 41.8. The highest BCUT2D eigenvalue weighted by atomic mass is 127. The third-order valence-electron chi connectivity index (χ3n) is 13.1. The maximum Gasteiger partial charge on any atom is 0.320 e. The number of carbonyl (C=O) groups excluding carboxylic acids is 1. The van der Waals surface area contributed by atoms with Gasteiger partial charge in [-0.15, -0.1) is 10.2 Å². The van der Waals surface area contributed by atoms with Crippen LogP contribution in [0.2, 0.25) is 11.1 Å². The second-order valence-corrected chi connectivity index (χ2v) is 27.3. The van der Waals surface area contributed by atoms with Gasteiger partial charge >= 0.3 is 6.03 Å². The van der Waals surface area contributed by atoms with Crippen LogP contribution in [0.5, 0.6) is 11.5 Å². The lowest BCUT2D eigenvalue weighted by Gasteiger charge is -2.41. The molecule has 340 valence electrons. The first-order chi connectivity index (χ1) is 30.0. The van der Waals surface area contributed by atoms with E-state index in [0.717, 1.165) is 58.3 Å². The smallest absolute Gasteiger partial charge is 0.320 e. The molecule has 15 heteroatoms. The number of amides is 2. The van der Waals surface area contributed by atoms with Crippen molar-refractivity contribution in [1.82, 2.24) is 29.7 Å². The van der Waals surface area contributed by atoms with Gasteiger partial charge in [0.15, 0.2) is 5.65 Å². The van der Waals surface area contributed by atoms with Gasteiger partial charge in [0, 0.05) is 38.7 Å². The van der Waals surface area contributed by atoms with Crippen LogP contribution in [-0.4, -0.2) is 72.7 Å². The number of anilines is 2. The van der Waals surface area contributed by atoms with E-state index >= 15 is 0 Å². The van der Waals surface area contributed by atoms with Crippen LogP contribution in [0.4, 0.5) is 16.6 Å². The molecule has 63 heavy (non-hydrogen) atoms. The minimum absolute atomic E-state index is 0.121. The molecule has 3 N–H and O–H groups in total. The number of alkyl halides is 1. The molecule has 5 atom stereocenters. The molecule has 0 spiro atoms. The zero-order valence-electron chi connectivity index (χ0n) is 38.7. The summed E-state index contributed by atoms with van der Waals surface area (Å²) in [6.07, 6.45) is 6.70. The zero-order chi connectivity index (χ0) is 45.2. The quantitative estimate of drug-likeness (QED) is 0.0531. The Morgan fingerprint density at radius 3 is 2.32 bits per heavy atom. The largest absolute Gasteiger partial charge is 0.491 e. The molecule has 1 aliphatic heterocycles. The van der Waals surface area contributed by atoms with Crippen LogP contribution < -0.4 is 25.0 Å². The van der Waals surface area contributed by atoms with Gasteiger partial charge in [0.25, 0.3) is 0 Å². The Hall–Kier alpha value is -4.19. The number of hydrogen-bond acceptors (Lipinski definition) is 9. The van der Waals surface area contributed by atoms with Crippen LogP contribution in [-0.2, 0) is 16.4 Å². The van der Waals surface area contributed by atoms with Gasteiger partial charge in [0.1, 0.15) is 30.0 Å². The third kappa shape index (κ3) is 9.91. The number of carbonyl (C=O) groups is 1. The molecule has 2 aromatic carbocycles. The fourth-order valence-electron chi connectivity index (χ4n) is 9.77. The predicted molar refractivity (Wildman–Crippen MR) is 261 cm³/mol. The molecule has 0 radical (unpaired) electrons. The van der Waals surface area contributed by atoms with Gasteiger partial charge in [0.05, 0.1) is 36.8 Å². The lowest BCUT2D eigenvalue weighted by molar-refractivity contribution is 0.171. The molecule has 2 aliphatic rings. The summed E-state index contributed by atoms with van der Waals surface area (Å²) in [5.74, 6) is 2.74. The Bertz CT molecular complexity index is 2330. The highest BCUT2D eigenvalue weighted by Gasteiger charge is 2.46. The minimum atomic E-state index is -2.17. The van der Waals surface area contributed by atoms with E-state index in [1.165, 1.54) is 6.42 Å². The van der Waals surface area contributed by atoms with E-state index in [1.54, 1.807) is 4.68 Å². The minimum Gasteiger partial charge on any atom is -0.491 e. The number of aromatic nitrogens is 5. The molecule has 1 saturated heterocycles. The molecule has 3 aromatic heterocycles. The molecular formula is C48H67IN8O5Si. The third-order valence-corrected chi connectivity index (χ3v) is 21.5. The molecule has 13 nitrogen and oxygen atoms in total. The summed E-state index contributed by atoms with van der Waals surface area (Å²) in [7, 11) is -2.17. The topological polar surface area (TPSA) is 140 Å². The Balaban J connectivity index is 1.10. The number of pyridine rings is 1. The van der Waals surface area contributed by atoms with E-state index in [9.17, 15) is 9.90 Å². The SMILES string of the molecule is CC(C)[Si](OCc1ccc(-n2nc(C(C)(C)C)cc2NC(=O)N[C@H]2CC[C@@H](Oc3ccc4nnc(N5[C@H](C)CCC[C@@H]5C)n4c3)c3ccccc32)cc1OCCO)(C(C)C)C(C)I. The van der Waals surface area contributed by atoms with E-state index in [2.05, 4.69) is 134 Å². The maximum atomic E-state index is 14.0. The lowest BCUT2D eigenvalue weighted by Crippen LogP contribution is -2.51. The monoisotopic (exact) mass is 990 g/mol. The van der Waals surface area contributed by atoms with Crippen LogP contribution in [0.15, 0.2) is 66.9 Å². The summed E-state index contributed by atoms with van der Waals surface area (Å²) in [4.78, 5) is 16.4. The first-order valence-electron chi connectivity index (χ1n) is 22.7. The van der Waals surface area contributed by atoms with Crippen molar-refractivity contribution in [2.24, 2.45) is 0 Å². The number of benzene rings is 2. The van der Waals surface area contributed by atoms with Crippen molar-refractivity contribution in [2.45, 2.75) is 152 Å². The molecule has 5 aromatic rings. The first-order valence-corrected chi connectivity index (χ1v) is 26.1. The van der Waals surface area contributed by atoms with Crippen molar-refractivity contribution in [1.29, 1.82) is 0 Å². The number of aliphatic hydroxyl groups excluding tert-OH is 1. The average Bonchev–Trinajstić information content (AvgIpc) is 3.85. The highest BCUT2D eigenvalue weighted by Crippen LogP contribution is 2.42. The summed E-state index contributed by atoms with van der Waals surface area (Å²) in [5, 5.41) is 30.3. The van der Waals surface area contributed by atoms with Crippen molar-refractivity contribution >= 4 is 54.4 Å². The summed E-state index contributed by atoms with van der Waals surface area (Å²) >= 11 is 2.54. The van der Waals surface area contributed by atoms with Crippen molar-refractivity contribution in [3.05, 3.63) is 89.2 Å². The van der Waals surface area contributed by atoms with Crippen molar-refractivity contribution in [3.8, 4) is 17.2 Å². The number of hydrogen-bond donors (Lipinski definition) is 3. The number of rotatable bonds is 15. The number of nitrogens with one attached hydrogen (secondary N) is 2. The van der Waals surface area contributed by atoms with Gasteiger partial charge in [-0.2, -0.15) is 5.10 Å². The molecule has 7 rings (SSSR count).